The SMILES string of the molecule is COC(C)c1nc(CO)cs1. The highest BCUT2D eigenvalue weighted by Gasteiger charge is 2.07. The number of methoxy groups -OCH3 is 1. The van der Waals surface area contributed by atoms with Crippen LogP contribution >= 0.6 is 11.3 Å². The van der Waals surface area contributed by atoms with Crippen molar-refractivity contribution in [3.05, 3.63) is 16.1 Å². The van der Waals surface area contributed by atoms with Crippen LogP contribution in [0.15, 0.2) is 5.38 Å². The maximum atomic E-state index is 8.71. The van der Waals surface area contributed by atoms with E-state index in [-0.39, 0.29) is 12.7 Å². The number of hydrogen-bond acceptors (Lipinski definition) is 4. The lowest BCUT2D eigenvalue weighted by Gasteiger charge is -2.03. The fourth-order valence-electron chi connectivity index (χ4n) is 0.683. The zero-order valence-corrected chi connectivity index (χ0v) is 7.39. The van der Waals surface area contributed by atoms with E-state index < -0.39 is 0 Å². The molecule has 0 saturated carbocycles. The molecule has 1 aromatic heterocycles. The summed E-state index contributed by atoms with van der Waals surface area (Å²) in [5.74, 6) is 0. The highest BCUT2D eigenvalue weighted by molar-refractivity contribution is 7.09. The molecule has 3 nitrogen and oxygen atoms in total. The van der Waals surface area contributed by atoms with Crippen molar-refractivity contribution in [2.24, 2.45) is 0 Å². The summed E-state index contributed by atoms with van der Waals surface area (Å²) in [5.41, 5.74) is 0.717. The molecule has 62 valence electrons. The van der Waals surface area contributed by atoms with Gasteiger partial charge in [-0.15, -0.1) is 11.3 Å². The predicted octanol–water partition coefficient (Wildman–Crippen LogP) is 1.34. The van der Waals surface area contributed by atoms with E-state index in [1.807, 2.05) is 12.3 Å². The molecule has 0 aliphatic carbocycles. The highest BCUT2D eigenvalue weighted by Crippen LogP contribution is 2.19. The third-order valence-electron chi connectivity index (χ3n) is 1.43. The summed E-state index contributed by atoms with van der Waals surface area (Å²) in [6.45, 7) is 1.94. The molecule has 4 heteroatoms. The Kier molecular flexibility index (Phi) is 2.99. The number of ether oxygens (including phenoxy) is 1. The molecule has 0 fully saturated rings. The van der Waals surface area contributed by atoms with Gasteiger partial charge < -0.3 is 9.84 Å². The molecule has 11 heavy (non-hydrogen) atoms. The molecule has 0 spiro atoms. The largest absolute Gasteiger partial charge is 0.390 e. The van der Waals surface area contributed by atoms with Crippen LogP contribution in [0.2, 0.25) is 0 Å². The van der Waals surface area contributed by atoms with Crippen molar-refractivity contribution in [1.29, 1.82) is 0 Å². The molecule has 0 amide bonds. The topological polar surface area (TPSA) is 42.4 Å². The van der Waals surface area contributed by atoms with Crippen LogP contribution in [0.5, 0.6) is 0 Å². The van der Waals surface area contributed by atoms with Crippen molar-refractivity contribution < 1.29 is 9.84 Å². The summed E-state index contributed by atoms with van der Waals surface area (Å²) in [6.07, 6.45) is 0.0281. The average Bonchev–Trinajstić information content (AvgIpc) is 2.50. The summed E-state index contributed by atoms with van der Waals surface area (Å²) in [6, 6.07) is 0. The van der Waals surface area contributed by atoms with Crippen molar-refractivity contribution in [2.75, 3.05) is 7.11 Å². The Bertz CT molecular complexity index is 224. The molecule has 1 aromatic rings. The lowest BCUT2D eigenvalue weighted by atomic mass is 10.4. The monoisotopic (exact) mass is 173 g/mol. The smallest absolute Gasteiger partial charge is 0.122 e. The van der Waals surface area contributed by atoms with E-state index in [2.05, 4.69) is 4.98 Å². The van der Waals surface area contributed by atoms with Crippen molar-refractivity contribution in [2.45, 2.75) is 19.6 Å². The highest BCUT2D eigenvalue weighted by atomic mass is 32.1. The lowest BCUT2D eigenvalue weighted by Crippen LogP contribution is -1.95. The minimum atomic E-state index is 0.00688. The maximum Gasteiger partial charge on any atom is 0.122 e. The number of aliphatic hydroxyl groups excluding tert-OH is 1. The Hall–Kier alpha value is -0.450. The normalized spacial score (nSPS) is 13.4. The second-order valence-corrected chi connectivity index (χ2v) is 3.10. The van der Waals surface area contributed by atoms with Gasteiger partial charge in [0.15, 0.2) is 0 Å². The van der Waals surface area contributed by atoms with Crippen LogP contribution in [-0.4, -0.2) is 17.2 Å². The van der Waals surface area contributed by atoms with Crippen LogP contribution in [0.25, 0.3) is 0 Å². The molecule has 0 aliphatic rings. The number of rotatable bonds is 3. The van der Waals surface area contributed by atoms with Crippen LogP contribution in [0.4, 0.5) is 0 Å². The van der Waals surface area contributed by atoms with E-state index in [1.165, 1.54) is 11.3 Å². The molecule has 1 unspecified atom stereocenters. The van der Waals surface area contributed by atoms with Gasteiger partial charge in [-0.25, -0.2) is 4.98 Å². The van der Waals surface area contributed by atoms with Gasteiger partial charge in [0.1, 0.15) is 11.1 Å². The minimum Gasteiger partial charge on any atom is -0.390 e. The first-order valence-corrected chi connectivity index (χ1v) is 4.24. The molecule has 0 aromatic carbocycles. The first-order valence-electron chi connectivity index (χ1n) is 3.36. The van der Waals surface area contributed by atoms with Gasteiger partial charge >= 0.3 is 0 Å². The number of thiazole rings is 1. The number of aliphatic hydroxyl groups is 1. The quantitative estimate of drug-likeness (QED) is 0.750. The Labute approximate surface area is 69.7 Å². The molecule has 0 aliphatic heterocycles. The van der Waals surface area contributed by atoms with E-state index in [4.69, 9.17) is 9.84 Å². The lowest BCUT2D eigenvalue weighted by molar-refractivity contribution is 0.119. The van der Waals surface area contributed by atoms with Gasteiger partial charge in [0.25, 0.3) is 0 Å². The second kappa shape index (κ2) is 3.80. The first kappa shape index (κ1) is 8.64. The van der Waals surface area contributed by atoms with Gasteiger partial charge in [0, 0.05) is 12.5 Å². The van der Waals surface area contributed by atoms with Gasteiger partial charge in [0.05, 0.1) is 12.3 Å². The molecular weight excluding hydrogens is 162 g/mol. The van der Waals surface area contributed by atoms with Crippen molar-refractivity contribution >= 4 is 11.3 Å². The number of nitrogens with zero attached hydrogens (tertiary/aromatic N) is 1. The van der Waals surface area contributed by atoms with Gasteiger partial charge in [-0.3, -0.25) is 0 Å². The van der Waals surface area contributed by atoms with Gasteiger partial charge in [-0.1, -0.05) is 0 Å². The standard InChI is InChI=1S/C7H11NO2S/c1-5(10-2)7-8-6(3-9)4-11-7/h4-5,9H,3H2,1-2H3. The fraction of sp³-hybridized carbons (Fsp3) is 0.571. The number of aromatic nitrogens is 1. The molecule has 1 atom stereocenters. The predicted molar refractivity (Wildman–Crippen MR) is 43.5 cm³/mol. The Morgan fingerprint density at radius 3 is 3.00 bits per heavy atom. The summed E-state index contributed by atoms with van der Waals surface area (Å²) in [7, 11) is 1.64. The van der Waals surface area contributed by atoms with Crippen LogP contribution in [0, 0.1) is 0 Å². The maximum absolute atomic E-state index is 8.71. The van der Waals surface area contributed by atoms with E-state index in [0.29, 0.717) is 5.69 Å². The van der Waals surface area contributed by atoms with Gasteiger partial charge in [-0.05, 0) is 6.92 Å². The zero-order valence-electron chi connectivity index (χ0n) is 6.57. The molecule has 0 bridgehead atoms. The Morgan fingerprint density at radius 2 is 2.55 bits per heavy atom. The van der Waals surface area contributed by atoms with Gasteiger partial charge in [0.2, 0.25) is 0 Å². The van der Waals surface area contributed by atoms with E-state index in [9.17, 15) is 0 Å². The third-order valence-corrected chi connectivity index (χ3v) is 2.49. The summed E-state index contributed by atoms with van der Waals surface area (Å²) in [5, 5.41) is 11.5. The van der Waals surface area contributed by atoms with Crippen molar-refractivity contribution in [3.8, 4) is 0 Å². The van der Waals surface area contributed by atoms with Crippen molar-refractivity contribution in [3.63, 3.8) is 0 Å². The van der Waals surface area contributed by atoms with Crippen LogP contribution in [-0.2, 0) is 11.3 Å². The molecule has 0 radical (unpaired) electrons. The zero-order chi connectivity index (χ0) is 8.27. The first-order chi connectivity index (χ1) is 5.27. The minimum absolute atomic E-state index is 0.00688. The molecular formula is C7H11NO2S. The third kappa shape index (κ3) is 1.99. The van der Waals surface area contributed by atoms with Crippen molar-refractivity contribution in [1.82, 2.24) is 4.98 Å². The number of hydrogen-bond donors (Lipinski definition) is 1. The fourth-order valence-corrected chi connectivity index (χ4v) is 1.52. The Morgan fingerprint density at radius 1 is 1.82 bits per heavy atom. The molecule has 1 N–H and O–H groups in total. The second-order valence-electron chi connectivity index (χ2n) is 2.21. The summed E-state index contributed by atoms with van der Waals surface area (Å²) < 4.78 is 5.06. The molecule has 1 rings (SSSR count). The molecule has 1 heterocycles. The molecule has 0 saturated heterocycles. The van der Waals surface area contributed by atoms with Crippen LogP contribution in [0.1, 0.15) is 23.7 Å². The van der Waals surface area contributed by atoms with Crippen LogP contribution in [0.3, 0.4) is 0 Å². The van der Waals surface area contributed by atoms with E-state index >= 15 is 0 Å². The Balaban J connectivity index is 2.71. The average molecular weight is 173 g/mol. The van der Waals surface area contributed by atoms with Gasteiger partial charge in [-0.2, -0.15) is 0 Å². The summed E-state index contributed by atoms with van der Waals surface area (Å²) in [4.78, 5) is 4.14. The van der Waals surface area contributed by atoms with E-state index in [0.717, 1.165) is 5.01 Å². The van der Waals surface area contributed by atoms with E-state index in [1.54, 1.807) is 7.11 Å². The summed E-state index contributed by atoms with van der Waals surface area (Å²) >= 11 is 1.51. The van der Waals surface area contributed by atoms with Crippen LogP contribution < -0.4 is 0 Å².